The van der Waals surface area contributed by atoms with Crippen LogP contribution in [0.1, 0.15) is 16.2 Å². The van der Waals surface area contributed by atoms with Gasteiger partial charge in [-0.1, -0.05) is 23.7 Å². The molecule has 2 aromatic carbocycles. The number of hydrogen-bond acceptors (Lipinski definition) is 5. The minimum absolute atomic E-state index is 0.0931. The normalized spacial score (nSPS) is 14.6. The van der Waals surface area contributed by atoms with Gasteiger partial charge in [0.1, 0.15) is 23.4 Å². The summed E-state index contributed by atoms with van der Waals surface area (Å²) >= 11 is 6.04. The van der Waals surface area contributed by atoms with Crippen molar-refractivity contribution in [3.8, 4) is 5.75 Å². The second-order valence-electron chi connectivity index (χ2n) is 8.16. The summed E-state index contributed by atoms with van der Waals surface area (Å²) in [6.45, 7) is -1.39. The Balaban J connectivity index is 1.69. The fourth-order valence-corrected chi connectivity index (χ4v) is 4.11. The lowest BCUT2D eigenvalue weighted by atomic mass is 10.1. The van der Waals surface area contributed by atoms with Gasteiger partial charge in [-0.15, -0.1) is 0 Å². The second-order valence-corrected chi connectivity index (χ2v) is 8.56. The number of para-hydroxylation sites is 1. The summed E-state index contributed by atoms with van der Waals surface area (Å²) in [6.07, 6.45) is -9.63. The number of carbonyl (C=O) groups is 2. The summed E-state index contributed by atoms with van der Waals surface area (Å²) in [5.41, 5.74) is -1.01. The Labute approximate surface area is 216 Å². The average molecular weight is 565 g/mol. The van der Waals surface area contributed by atoms with E-state index in [0.717, 1.165) is 6.07 Å². The van der Waals surface area contributed by atoms with Gasteiger partial charge in [-0.25, -0.2) is 4.98 Å². The van der Waals surface area contributed by atoms with E-state index in [1.54, 1.807) is 0 Å². The Kier molecular flexibility index (Phi) is 7.74. The summed E-state index contributed by atoms with van der Waals surface area (Å²) in [4.78, 5) is 30.8. The molecule has 1 aliphatic rings. The number of alkyl halides is 6. The maximum Gasteiger partial charge on any atom is 0.449 e. The molecule has 1 N–H and O–H groups in total. The Morgan fingerprint density at radius 3 is 2.39 bits per heavy atom. The van der Waals surface area contributed by atoms with Crippen LogP contribution in [0.25, 0.3) is 11.0 Å². The molecule has 0 radical (unpaired) electrons. The lowest BCUT2D eigenvalue weighted by Crippen LogP contribution is -2.42. The van der Waals surface area contributed by atoms with Crippen molar-refractivity contribution >= 4 is 40.1 Å². The summed E-state index contributed by atoms with van der Waals surface area (Å²) in [6, 6.07) is 7.51. The molecule has 0 saturated carbocycles. The summed E-state index contributed by atoms with van der Waals surface area (Å²) < 4.78 is 90.2. The monoisotopic (exact) mass is 564 g/mol. The third kappa shape index (κ3) is 6.13. The molecule has 204 valence electrons. The van der Waals surface area contributed by atoms with E-state index in [2.05, 4.69) is 10.3 Å². The number of carbonyl (C=O) groups excluding carboxylic acids is 2. The highest BCUT2D eigenvalue weighted by Gasteiger charge is 2.39. The van der Waals surface area contributed by atoms with E-state index in [0.29, 0.717) is 4.57 Å². The van der Waals surface area contributed by atoms with Gasteiger partial charge < -0.3 is 24.3 Å². The summed E-state index contributed by atoms with van der Waals surface area (Å²) in [5, 5.41) is 2.11. The summed E-state index contributed by atoms with van der Waals surface area (Å²) in [7, 11) is 0. The lowest BCUT2D eigenvalue weighted by Gasteiger charge is -2.27. The Bertz CT molecular complexity index is 1350. The number of imidazole rings is 1. The van der Waals surface area contributed by atoms with Crippen LogP contribution < -0.4 is 10.1 Å². The first-order valence-electron chi connectivity index (χ1n) is 11.1. The van der Waals surface area contributed by atoms with Gasteiger partial charge in [-0.2, -0.15) is 26.3 Å². The van der Waals surface area contributed by atoms with Crippen LogP contribution in [-0.2, 0) is 22.3 Å². The van der Waals surface area contributed by atoms with Crippen molar-refractivity contribution in [2.75, 3.05) is 38.2 Å². The maximum absolute atomic E-state index is 13.9. The quantitative estimate of drug-likeness (QED) is 0.437. The highest BCUT2D eigenvalue weighted by Crippen LogP contribution is 2.35. The third-order valence-corrected chi connectivity index (χ3v) is 5.85. The predicted octanol–water partition coefficient (Wildman–Crippen LogP) is 4.76. The van der Waals surface area contributed by atoms with Crippen molar-refractivity contribution in [2.45, 2.75) is 18.9 Å². The molecule has 2 heterocycles. The van der Waals surface area contributed by atoms with Gasteiger partial charge in [-0.05, 0) is 24.3 Å². The number of benzene rings is 2. The molecule has 38 heavy (non-hydrogen) atoms. The van der Waals surface area contributed by atoms with Crippen molar-refractivity contribution in [1.82, 2.24) is 14.5 Å². The van der Waals surface area contributed by atoms with E-state index in [9.17, 15) is 35.9 Å². The van der Waals surface area contributed by atoms with Gasteiger partial charge in [0.05, 0.1) is 29.4 Å². The van der Waals surface area contributed by atoms with Crippen molar-refractivity contribution < 1.29 is 45.4 Å². The molecule has 2 amide bonds. The average Bonchev–Trinajstić information content (AvgIpc) is 3.22. The zero-order valence-electron chi connectivity index (χ0n) is 19.3. The number of morpholine rings is 1. The van der Waals surface area contributed by atoms with Crippen LogP contribution in [-0.4, -0.2) is 65.4 Å². The van der Waals surface area contributed by atoms with Gasteiger partial charge in [0.2, 0.25) is 11.7 Å². The molecular weight excluding hydrogens is 546 g/mol. The van der Waals surface area contributed by atoms with Crippen molar-refractivity contribution in [3.05, 3.63) is 52.8 Å². The highest BCUT2D eigenvalue weighted by atomic mass is 35.5. The summed E-state index contributed by atoms with van der Waals surface area (Å²) in [5.74, 6) is -3.44. The number of hydrogen-bond donors (Lipinski definition) is 1. The van der Waals surface area contributed by atoms with Crippen LogP contribution in [0.15, 0.2) is 36.4 Å². The maximum atomic E-state index is 13.9. The third-order valence-electron chi connectivity index (χ3n) is 5.53. The van der Waals surface area contributed by atoms with Gasteiger partial charge in [0.25, 0.3) is 5.91 Å². The SMILES string of the molecule is O=C(Nc1cccc2c1nc(C(F)(F)F)n2CC(=O)N1CCOCC1)c1c(Cl)cccc1OCC(F)(F)F. The van der Waals surface area contributed by atoms with Gasteiger partial charge in [0, 0.05) is 13.1 Å². The zero-order chi connectivity index (χ0) is 27.7. The molecule has 1 aliphatic heterocycles. The van der Waals surface area contributed by atoms with E-state index >= 15 is 0 Å². The molecule has 3 aromatic rings. The number of nitrogens with one attached hydrogen (secondary N) is 1. The Morgan fingerprint density at radius 2 is 1.74 bits per heavy atom. The van der Waals surface area contributed by atoms with E-state index in [-0.39, 0.29) is 48.0 Å². The largest absolute Gasteiger partial charge is 0.483 e. The number of nitrogens with zero attached hydrogens (tertiary/aromatic N) is 3. The van der Waals surface area contributed by atoms with E-state index < -0.39 is 54.5 Å². The minimum Gasteiger partial charge on any atom is -0.483 e. The number of rotatable bonds is 6. The zero-order valence-corrected chi connectivity index (χ0v) is 20.1. The first-order chi connectivity index (χ1) is 17.8. The topological polar surface area (TPSA) is 85.7 Å². The van der Waals surface area contributed by atoms with Crippen molar-refractivity contribution in [3.63, 3.8) is 0 Å². The minimum atomic E-state index is -4.94. The van der Waals surface area contributed by atoms with Crippen LogP contribution in [0.5, 0.6) is 5.75 Å². The molecule has 0 unspecified atom stereocenters. The number of fused-ring (bicyclic) bond motifs is 1. The van der Waals surface area contributed by atoms with Crippen LogP contribution in [0.4, 0.5) is 32.0 Å². The van der Waals surface area contributed by atoms with Crippen molar-refractivity contribution in [1.29, 1.82) is 0 Å². The number of halogens is 7. The first kappa shape index (κ1) is 27.5. The fraction of sp³-hybridized carbons (Fsp3) is 0.348. The van der Waals surface area contributed by atoms with Gasteiger partial charge in [-0.3, -0.25) is 9.59 Å². The molecule has 1 fully saturated rings. The molecule has 15 heteroatoms. The molecule has 1 aromatic heterocycles. The smallest absolute Gasteiger partial charge is 0.449 e. The molecule has 0 bridgehead atoms. The molecule has 0 spiro atoms. The standard InChI is InChI=1S/C23H19ClF6N4O4/c24-13-3-1-6-16(38-12-22(25,26)27)18(13)20(36)31-14-4-2-5-15-19(14)32-21(23(28,29)30)34(15)11-17(35)33-7-9-37-10-8-33/h1-6H,7-12H2,(H,31,36). The van der Waals surface area contributed by atoms with Crippen LogP contribution in [0, 0.1) is 0 Å². The Hall–Kier alpha value is -3.52. The van der Waals surface area contributed by atoms with E-state index in [4.69, 9.17) is 21.1 Å². The number of aromatic nitrogens is 2. The molecule has 0 atom stereocenters. The predicted molar refractivity (Wildman–Crippen MR) is 123 cm³/mol. The van der Waals surface area contributed by atoms with Gasteiger partial charge in [0.15, 0.2) is 6.61 Å². The molecule has 1 saturated heterocycles. The molecule has 8 nitrogen and oxygen atoms in total. The van der Waals surface area contributed by atoms with Crippen LogP contribution >= 0.6 is 11.6 Å². The van der Waals surface area contributed by atoms with Crippen LogP contribution in [0.2, 0.25) is 5.02 Å². The Morgan fingerprint density at radius 1 is 1.05 bits per heavy atom. The van der Waals surface area contributed by atoms with Gasteiger partial charge >= 0.3 is 12.4 Å². The number of ether oxygens (including phenoxy) is 2. The second kappa shape index (κ2) is 10.7. The fourth-order valence-electron chi connectivity index (χ4n) is 3.86. The highest BCUT2D eigenvalue weighted by molar-refractivity contribution is 6.35. The lowest BCUT2D eigenvalue weighted by molar-refractivity contribution is -0.153. The number of anilines is 1. The van der Waals surface area contributed by atoms with E-state index in [1.165, 1.54) is 35.2 Å². The first-order valence-corrected chi connectivity index (χ1v) is 11.4. The molecular formula is C23H19ClF6N4O4. The van der Waals surface area contributed by atoms with Crippen LogP contribution in [0.3, 0.4) is 0 Å². The molecule has 4 rings (SSSR count). The van der Waals surface area contributed by atoms with E-state index in [1.807, 2.05) is 0 Å². The number of amides is 2. The van der Waals surface area contributed by atoms with Crippen molar-refractivity contribution in [2.24, 2.45) is 0 Å². The molecule has 0 aliphatic carbocycles.